The Hall–Kier alpha value is -1.50. The van der Waals surface area contributed by atoms with Crippen molar-refractivity contribution in [2.45, 2.75) is 90.1 Å². The number of aliphatic hydroxyl groups excluding tert-OH is 2. The summed E-state index contributed by atoms with van der Waals surface area (Å²) in [5.74, 6) is 1.08. The van der Waals surface area contributed by atoms with E-state index >= 15 is 0 Å². The van der Waals surface area contributed by atoms with Gasteiger partial charge in [-0.2, -0.15) is 0 Å². The number of allylic oxidation sites excluding steroid dienone is 1. The highest BCUT2D eigenvalue weighted by Gasteiger charge is 2.80. The monoisotopic (exact) mass is 470 g/mol. The molecule has 186 valence electrons. The molecule has 0 aromatic heterocycles. The average molecular weight is 471 g/mol. The van der Waals surface area contributed by atoms with Crippen molar-refractivity contribution in [3.8, 4) is 0 Å². The van der Waals surface area contributed by atoms with Crippen LogP contribution in [-0.4, -0.2) is 52.5 Å². The first-order valence-corrected chi connectivity index (χ1v) is 13.2. The number of esters is 1. The van der Waals surface area contributed by atoms with Gasteiger partial charge in [-0.1, -0.05) is 12.5 Å². The first-order chi connectivity index (χ1) is 16.1. The molecule has 4 aliphatic carbocycles. The molecule has 2 N–H and O–H groups in total. The number of epoxide rings is 1. The molecule has 6 heteroatoms. The first kappa shape index (κ1) is 22.9. The maximum atomic E-state index is 13.3. The van der Waals surface area contributed by atoms with Crippen molar-refractivity contribution in [3.63, 3.8) is 0 Å². The fourth-order valence-corrected chi connectivity index (χ4v) is 9.59. The Morgan fingerprint density at radius 2 is 1.94 bits per heavy atom. The molecule has 0 amide bonds. The van der Waals surface area contributed by atoms with E-state index in [2.05, 4.69) is 6.92 Å². The maximum absolute atomic E-state index is 13.3. The molecule has 1 saturated heterocycles. The van der Waals surface area contributed by atoms with Gasteiger partial charge in [0.2, 0.25) is 0 Å². The van der Waals surface area contributed by atoms with Gasteiger partial charge in [-0.25, -0.2) is 4.79 Å². The van der Waals surface area contributed by atoms with Crippen LogP contribution in [-0.2, 0) is 19.1 Å². The van der Waals surface area contributed by atoms with E-state index in [1.54, 1.807) is 12.2 Å². The summed E-state index contributed by atoms with van der Waals surface area (Å²) < 4.78 is 12.1. The number of fused-ring (bicyclic) bond motifs is 4. The van der Waals surface area contributed by atoms with Gasteiger partial charge in [-0.05, 0) is 100 Å². The van der Waals surface area contributed by atoms with Gasteiger partial charge < -0.3 is 19.7 Å². The lowest BCUT2D eigenvalue weighted by Gasteiger charge is -2.58. The number of rotatable bonds is 3. The molecular formula is C28H38O6. The van der Waals surface area contributed by atoms with Gasteiger partial charge in [0.1, 0.15) is 17.8 Å². The lowest BCUT2D eigenvalue weighted by atomic mass is 9.44. The average Bonchev–Trinajstić information content (AvgIpc) is 3.43. The molecule has 34 heavy (non-hydrogen) atoms. The number of carbonyl (C=O) groups is 2. The van der Waals surface area contributed by atoms with Crippen molar-refractivity contribution < 1.29 is 29.3 Å². The molecule has 1 spiro atoms. The highest BCUT2D eigenvalue weighted by atomic mass is 16.6. The van der Waals surface area contributed by atoms with Gasteiger partial charge in [-0.15, -0.1) is 0 Å². The highest BCUT2D eigenvalue weighted by Crippen LogP contribution is 2.73. The minimum atomic E-state index is -0.761. The zero-order valence-electron chi connectivity index (χ0n) is 20.8. The van der Waals surface area contributed by atoms with Crippen molar-refractivity contribution in [3.05, 3.63) is 23.3 Å². The molecule has 2 aliphatic heterocycles. The Balaban J connectivity index is 1.31. The van der Waals surface area contributed by atoms with Crippen molar-refractivity contribution in [2.75, 3.05) is 6.61 Å². The molecule has 11 atom stereocenters. The van der Waals surface area contributed by atoms with Gasteiger partial charge in [-0.3, -0.25) is 4.79 Å². The summed E-state index contributed by atoms with van der Waals surface area (Å²) in [4.78, 5) is 25.7. The third-order valence-corrected chi connectivity index (χ3v) is 11.6. The Morgan fingerprint density at radius 3 is 2.65 bits per heavy atom. The number of cyclic esters (lactones) is 1. The van der Waals surface area contributed by atoms with Crippen molar-refractivity contribution >= 4 is 11.8 Å². The second-order valence-electron chi connectivity index (χ2n) is 12.4. The van der Waals surface area contributed by atoms with Gasteiger partial charge in [0.25, 0.3) is 0 Å². The predicted molar refractivity (Wildman–Crippen MR) is 124 cm³/mol. The van der Waals surface area contributed by atoms with E-state index in [1.807, 2.05) is 20.8 Å². The van der Waals surface area contributed by atoms with Gasteiger partial charge in [0, 0.05) is 18.6 Å². The van der Waals surface area contributed by atoms with Crippen molar-refractivity contribution in [1.82, 2.24) is 0 Å². The van der Waals surface area contributed by atoms with Crippen LogP contribution in [0.25, 0.3) is 0 Å². The highest BCUT2D eigenvalue weighted by molar-refractivity contribution is 5.98. The molecule has 6 rings (SSSR count). The quantitative estimate of drug-likeness (QED) is 0.485. The molecular weight excluding hydrogens is 432 g/mol. The van der Waals surface area contributed by atoms with E-state index in [1.165, 1.54) is 0 Å². The van der Waals surface area contributed by atoms with Crippen LogP contribution >= 0.6 is 0 Å². The number of aliphatic hydroxyl groups is 2. The van der Waals surface area contributed by atoms with Crippen LogP contribution in [0, 0.1) is 40.4 Å². The zero-order valence-corrected chi connectivity index (χ0v) is 20.8. The molecule has 2 heterocycles. The summed E-state index contributed by atoms with van der Waals surface area (Å²) in [6.07, 6.45) is 7.57. The predicted octanol–water partition coefficient (Wildman–Crippen LogP) is 3.35. The Bertz CT molecular complexity index is 999. The molecule has 1 unspecified atom stereocenters. The summed E-state index contributed by atoms with van der Waals surface area (Å²) in [5, 5.41) is 21.7. The summed E-state index contributed by atoms with van der Waals surface area (Å²) in [7, 11) is 0. The molecule has 4 fully saturated rings. The molecule has 0 radical (unpaired) electrons. The number of ether oxygens (including phenoxy) is 2. The number of carbonyl (C=O) groups excluding carboxylic acids is 2. The standard InChI is InChI=1S/C28H38O6/c1-14-11-21(33-25(32)15(14)2)16(3)18-5-6-20-17-12-24-28(34-24)23(31)8-7-22(30)26(28,4)19(17)9-10-27(18,20)13-29/h7-8,16-21,23-24,29,31H,5-6,9-13H2,1-4H3/t16-,17+,18+,19-,20-,21?,23-,24+,26-,27-,28+/m0/s1. The molecule has 3 saturated carbocycles. The second kappa shape index (κ2) is 7.27. The lowest BCUT2D eigenvalue weighted by Crippen LogP contribution is -2.64. The second-order valence-corrected chi connectivity index (χ2v) is 12.4. The molecule has 0 aromatic carbocycles. The zero-order chi connectivity index (χ0) is 24.2. The van der Waals surface area contributed by atoms with E-state index in [0.29, 0.717) is 11.8 Å². The van der Waals surface area contributed by atoms with Crippen LogP contribution in [0.4, 0.5) is 0 Å². The summed E-state index contributed by atoms with van der Waals surface area (Å²) >= 11 is 0. The number of ketones is 1. The van der Waals surface area contributed by atoms with Crippen LogP contribution in [0.5, 0.6) is 0 Å². The SMILES string of the molecule is CC1=C(C)C(=O)OC([C@@H](C)[C@H]2CC[C@H]3[C@@H]4C[C@H]5O[C@]56[C@@H](O)C=CC(=O)[C@]6(C)[C@H]4CC[C@]23CO)C1. The smallest absolute Gasteiger partial charge is 0.333 e. The number of hydrogen-bond acceptors (Lipinski definition) is 6. The lowest BCUT2D eigenvalue weighted by molar-refractivity contribution is -0.159. The summed E-state index contributed by atoms with van der Waals surface area (Å²) in [5.41, 5.74) is 0.145. The van der Waals surface area contributed by atoms with E-state index in [9.17, 15) is 19.8 Å². The van der Waals surface area contributed by atoms with Crippen LogP contribution in [0.2, 0.25) is 0 Å². The van der Waals surface area contributed by atoms with E-state index in [-0.39, 0.29) is 53.7 Å². The van der Waals surface area contributed by atoms with E-state index in [4.69, 9.17) is 9.47 Å². The Labute approximate surface area is 201 Å². The van der Waals surface area contributed by atoms with Crippen LogP contribution in [0.3, 0.4) is 0 Å². The van der Waals surface area contributed by atoms with Crippen LogP contribution < -0.4 is 0 Å². The van der Waals surface area contributed by atoms with Crippen molar-refractivity contribution in [1.29, 1.82) is 0 Å². The van der Waals surface area contributed by atoms with Gasteiger partial charge in [0.15, 0.2) is 5.78 Å². The normalized spacial score (nSPS) is 52.4. The minimum Gasteiger partial charge on any atom is -0.458 e. The third kappa shape index (κ3) is 2.58. The number of hydrogen-bond donors (Lipinski definition) is 2. The third-order valence-electron chi connectivity index (χ3n) is 11.6. The van der Waals surface area contributed by atoms with Gasteiger partial charge in [0.05, 0.1) is 11.5 Å². The topological polar surface area (TPSA) is 96.4 Å². The molecule has 6 aliphatic rings. The molecule has 0 aromatic rings. The Kier molecular flexibility index (Phi) is 4.90. The van der Waals surface area contributed by atoms with Gasteiger partial charge >= 0.3 is 5.97 Å². The largest absolute Gasteiger partial charge is 0.458 e. The Morgan fingerprint density at radius 1 is 1.18 bits per heavy atom. The summed E-state index contributed by atoms with van der Waals surface area (Å²) in [6.45, 7) is 8.22. The fourth-order valence-electron chi connectivity index (χ4n) is 9.59. The van der Waals surface area contributed by atoms with E-state index < -0.39 is 17.1 Å². The molecule has 0 bridgehead atoms. The molecule has 6 nitrogen and oxygen atoms in total. The first-order valence-electron chi connectivity index (χ1n) is 13.2. The summed E-state index contributed by atoms with van der Waals surface area (Å²) in [6, 6.07) is 0. The minimum absolute atomic E-state index is 0.0844. The van der Waals surface area contributed by atoms with Crippen LogP contribution in [0.1, 0.15) is 66.2 Å². The van der Waals surface area contributed by atoms with E-state index in [0.717, 1.165) is 49.7 Å². The van der Waals surface area contributed by atoms with Crippen LogP contribution in [0.15, 0.2) is 23.3 Å². The maximum Gasteiger partial charge on any atom is 0.333 e. The fraction of sp³-hybridized carbons (Fsp3) is 0.786. The van der Waals surface area contributed by atoms with Crippen molar-refractivity contribution in [2.24, 2.45) is 40.4 Å².